The molecule has 1 aliphatic heterocycles. The number of rotatable bonds is 7. The van der Waals surface area contributed by atoms with Crippen molar-refractivity contribution in [3.8, 4) is 22.8 Å². The summed E-state index contributed by atoms with van der Waals surface area (Å²) < 4.78 is 8.15. The molecule has 1 N–H and O–H groups in total. The predicted octanol–water partition coefficient (Wildman–Crippen LogP) is 6.47. The van der Waals surface area contributed by atoms with E-state index in [2.05, 4.69) is 27.5 Å². The summed E-state index contributed by atoms with van der Waals surface area (Å²) in [5, 5.41) is 18.1. The summed E-state index contributed by atoms with van der Waals surface area (Å²) in [5.74, 6) is 1.37. The molecule has 2 aromatic heterocycles. The maximum Gasteiger partial charge on any atom is 0.247 e. The Balaban J connectivity index is 1.54. The zero-order valence-corrected chi connectivity index (χ0v) is 20.6. The number of hydrogen-bond acceptors (Lipinski definition) is 7. The molecule has 0 radical (unpaired) electrons. The minimum atomic E-state index is -0.595. The van der Waals surface area contributed by atoms with E-state index in [-0.39, 0.29) is 0 Å². The topological polar surface area (TPSA) is 77.8 Å². The molecule has 0 spiro atoms. The Morgan fingerprint density at radius 3 is 2.68 bits per heavy atom. The van der Waals surface area contributed by atoms with Gasteiger partial charge >= 0.3 is 0 Å². The highest BCUT2D eigenvalue weighted by atomic mass is 35.5. The molecule has 4 aromatic rings. The molecule has 34 heavy (non-hydrogen) atoms. The van der Waals surface area contributed by atoms with Crippen molar-refractivity contribution in [2.75, 3.05) is 11.1 Å². The van der Waals surface area contributed by atoms with Crippen LogP contribution in [0.3, 0.4) is 0 Å². The molecule has 1 atom stereocenters. The third-order valence-corrected chi connectivity index (χ3v) is 6.91. The Labute approximate surface area is 207 Å². The van der Waals surface area contributed by atoms with Crippen LogP contribution < -0.4 is 10.1 Å². The number of thioether (sulfide) groups is 1. The summed E-state index contributed by atoms with van der Waals surface area (Å²) in [7, 11) is 0. The van der Waals surface area contributed by atoms with E-state index < -0.39 is 6.23 Å². The molecule has 0 amide bonds. The zero-order valence-electron chi connectivity index (χ0n) is 19.0. The molecule has 0 aliphatic carbocycles. The molecule has 0 bridgehead atoms. The summed E-state index contributed by atoms with van der Waals surface area (Å²) in [6, 6.07) is 17.7. The molecule has 2 aromatic carbocycles. The fraction of sp³-hybridized carbons (Fsp3) is 0.280. The molecular formula is C25H25ClN6OS. The number of para-hydroxylation sites is 2. The lowest BCUT2D eigenvalue weighted by atomic mass is 10.1. The minimum Gasteiger partial charge on any atom is -0.447 e. The van der Waals surface area contributed by atoms with Crippen LogP contribution in [0.5, 0.6) is 5.88 Å². The van der Waals surface area contributed by atoms with Crippen LogP contribution in [0.15, 0.2) is 59.8 Å². The van der Waals surface area contributed by atoms with Gasteiger partial charge in [0, 0.05) is 17.0 Å². The number of benzene rings is 2. The number of hydrogen-bond donors (Lipinski definition) is 1. The summed E-state index contributed by atoms with van der Waals surface area (Å²) >= 11 is 8.46. The van der Waals surface area contributed by atoms with Gasteiger partial charge in [-0.3, -0.25) is 0 Å². The first-order valence-corrected chi connectivity index (χ1v) is 12.7. The second-order valence-corrected chi connectivity index (χ2v) is 9.45. The molecule has 9 heteroatoms. The summed E-state index contributed by atoms with van der Waals surface area (Å²) in [4.78, 5) is 4.73. The lowest BCUT2D eigenvalue weighted by Crippen LogP contribution is -2.18. The van der Waals surface area contributed by atoms with Crippen LogP contribution in [0.4, 0.5) is 5.69 Å². The van der Waals surface area contributed by atoms with Crippen LogP contribution in [-0.4, -0.2) is 30.7 Å². The number of nitrogens with one attached hydrogen (secondary N) is 1. The van der Waals surface area contributed by atoms with Crippen LogP contribution >= 0.6 is 23.4 Å². The van der Waals surface area contributed by atoms with Crippen LogP contribution in [0.2, 0.25) is 5.15 Å². The Hall–Kier alpha value is -3.10. The van der Waals surface area contributed by atoms with Gasteiger partial charge < -0.3 is 10.1 Å². The van der Waals surface area contributed by atoms with E-state index in [0.717, 1.165) is 40.4 Å². The van der Waals surface area contributed by atoms with Crippen LogP contribution in [-0.2, 0) is 0 Å². The van der Waals surface area contributed by atoms with E-state index in [1.54, 1.807) is 16.4 Å². The first-order chi connectivity index (χ1) is 16.7. The van der Waals surface area contributed by atoms with Crippen LogP contribution in [0, 0.1) is 6.92 Å². The van der Waals surface area contributed by atoms with Crippen molar-refractivity contribution in [3.05, 3.63) is 71.0 Å². The highest BCUT2D eigenvalue weighted by Crippen LogP contribution is 2.41. The van der Waals surface area contributed by atoms with E-state index in [4.69, 9.17) is 21.3 Å². The summed E-state index contributed by atoms with van der Waals surface area (Å²) in [6.45, 7) is 4.12. The Kier molecular flexibility index (Phi) is 6.69. The van der Waals surface area contributed by atoms with Crippen molar-refractivity contribution in [2.24, 2.45) is 0 Å². The first kappa shape index (κ1) is 22.7. The molecule has 174 valence electrons. The third kappa shape index (κ3) is 4.48. The van der Waals surface area contributed by atoms with Crippen molar-refractivity contribution in [3.63, 3.8) is 0 Å². The van der Waals surface area contributed by atoms with Crippen LogP contribution in [0.25, 0.3) is 16.9 Å². The molecule has 1 aliphatic rings. The average molecular weight is 493 g/mol. The third-order valence-electron chi connectivity index (χ3n) is 5.62. The largest absolute Gasteiger partial charge is 0.447 e. The van der Waals surface area contributed by atoms with Gasteiger partial charge in [0.2, 0.25) is 17.3 Å². The number of anilines is 1. The molecule has 0 fully saturated rings. The van der Waals surface area contributed by atoms with Gasteiger partial charge in [-0.15, -0.1) is 10.2 Å². The van der Waals surface area contributed by atoms with E-state index in [1.807, 2.05) is 61.5 Å². The molecule has 7 nitrogen and oxygen atoms in total. The van der Waals surface area contributed by atoms with Gasteiger partial charge in [0.05, 0.1) is 16.9 Å². The van der Waals surface area contributed by atoms with Gasteiger partial charge in [-0.2, -0.15) is 10.1 Å². The second kappa shape index (κ2) is 10.0. The lowest BCUT2D eigenvalue weighted by molar-refractivity contribution is 0.224. The molecule has 5 rings (SSSR count). The SMILES string of the molecule is CCCCCSc1nnc2c(n1)O[C@H](c1c(C)nn(-c3ccccc3)c1Cl)Nc1ccccc1-2. The van der Waals surface area contributed by atoms with E-state index in [0.29, 0.717) is 21.9 Å². The van der Waals surface area contributed by atoms with E-state index in [1.165, 1.54) is 12.8 Å². The fourth-order valence-corrected chi connectivity index (χ4v) is 5.05. The van der Waals surface area contributed by atoms with Gasteiger partial charge in [0.25, 0.3) is 0 Å². The number of halogens is 1. The second-order valence-electron chi connectivity index (χ2n) is 8.03. The van der Waals surface area contributed by atoms with Crippen molar-refractivity contribution in [1.29, 1.82) is 0 Å². The van der Waals surface area contributed by atoms with Gasteiger partial charge in [0.1, 0.15) is 5.15 Å². The number of nitrogens with zero attached hydrogens (tertiary/aromatic N) is 5. The summed E-state index contributed by atoms with van der Waals surface area (Å²) in [6.07, 6.45) is 2.88. The minimum absolute atomic E-state index is 0.429. The highest BCUT2D eigenvalue weighted by molar-refractivity contribution is 7.99. The Bertz CT molecular complexity index is 1300. The molecular weight excluding hydrogens is 468 g/mol. The molecule has 0 saturated heterocycles. The Morgan fingerprint density at radius 1 is 1.06 bits per heavy atom. The first-order valence-electron chi connectivity index (χ1n) is 11.4. The maximum absolute atomic E-state index is 6.86. The van der Waals surface area contributed by atoms with Gasteiger partial charge in [-0.1, -0.05) is 79.5 Å². The van der Waals surface area contributed by atoms with E-state index in [9.17, 15) is 0 Å². The smallest absolute Gasteiger partial charge is 0.247 e. The van der Waals surface area contributed by atoms with Crippen molar-refractivity contribution >= 4 is 29.1 Å². The predicted molar refractivity (Wildman–Crippen MR) is 136 cm³/mol. The molecule has 0 unspecified atom stereocenters. The number of fused-ring (bicyclic) bond motifs is 3. The standard InChI is InChI=1S/C25H25ClN6OS/c1-3-4-10-15-34-25-28-24-21(29-30-25)18-13-8-9-14-19(18)27-23(33-24)20-16(2)31-32(22(20)26)17-11-6-5-7-12-17/h5-9,11-14,23,27H,3-4,10,15H2,1-2H3/t23-/m1/s1. The van der Waals surface area contributed by atoms with E-state index >= 15 is 0 Å². The highest BCUT2D eigenvalue weighted by Gasteiger charge is 2.31. The van der Waals surface area contributed by atoms with Crippen LogP contribution in [0.1, 0.15) is 43.7 Å². The number of ether oxygens (including phenoxy) is 1. The van der Waals surface area contributed by atoms with Crippen molar-refractivity contribution < 1.29 is 4.74 Å². The van der Waals surface area contributed by atoms with Gasteiger partial charge in [0.15, 0.2) is 5.69 Å². The lowest BCUT2D eigenvalue weighted by Gasteiger charge is -2.19. The number of aryl methyl sites for hydroxylation is 1. The van der Waals surface area contributed by atoms with Crippen molar-refractivity contribution in [1.82, 2.24) is 25.0 Å². The van der Waals surface area contributed by atoms with Gasteiger partial charge in [-0.25, -0.2) is 4.68 Å². The Morgan fingerprint density at radius 2 is 1.85 bits per heavy atom. The average Bonchev–Trinajstić information content (AvgIpc) is 3.06. The maximum atomic E-state index is 6.86. The van der Waals surface area contributed by atoms with Crippen molar-refractivity contribution in [2.45, 2.75) is 44.5 Å². The normalized spacial score (nSPS) is 14.5. The quantitative estimate of drug-likeness (QED) is 0.234. The fourth-order valence-electron chi connectivity index (χ4n) is 3.90. The molecule has 0 saturated carbocycles. The number of unbranched alkanes of at least 4 members (excludes halogenated alkanes) is 2. The number of aromatic nitrogens is 5. The molecule has 3 heterocycles. The monoisotopic (exact) mass is 492 g/mol. The van der Waals surface area contributed by atoms with Gasteiger partial charge in [-0.05, 0) is 31.5 Å². The zero-order chi connectivity index (χ0) is 23.5. The summed E-state index contributed by atoms with van der Waals surface area (Å²) in [5.41, 5.74) is 4.76.